The summed E-state index contributed by atoms with van der Waals surface area (Å²) in [6.45, 7) is 2.26. The first kappa shape index (κ1) is 15.6. The summed E-state index contributed by atoms with van der Waals surface area (Å²) in [4.78, 5) is 16.2. The number of phenols is 1. The summed E-state index contributed by atoms with van der Waals surface area (Å²) >= 11 is 5.96. The molecule has 0 aromatic heterocycles. The molecule has 2 aromatic carbocycles. The Balaban J connectivity index is 1.69. The molecule has 1 amide bonds. The van der Waals surface area contributed by atoms with Crippen molar-refractivity contribution in [1.82, 2.24) is 4.90 Å². The first-order valence-electron chi connectivity index (χ1n) is 7.33. The van der Waals surface area contributed by atoms with E-state index in [1.807, 2.05) is 12.1 Å². The molecule has 0 saturated carbocycles. The van der Waals surface area contributed by atoms with Crippen LogP contribution >= 0.6 is 11.6 Å². The Morgan fingerprint density at radius 1 is 1.04 bits per heavy atom. The molecule has 0 unspecified atom stereocenters. The Morgan fingerprint density at radius 2 is 1.70 bits per heavy atom. The molecule has 0 atom stereocenters. The third-order valence-electron chi connectivity index (χ3n) is 3.96. The van der Waals surface area contributed by atoms with Crippen molar-refractivity contribution in [2.75, 3.05) is 31.1 Å². The van der Waals surface area contributed by atoms with Gasteiger partial charge in [0.2, 0.25) is 0 Å². The van der Waals surface area contributed by atoms with Gasteiger partial charge in [-0.2, -0.15) is 0 Å². The molecule has 0 radical (unpaired) electrons. The first-order chi connectivity index (χ1) is 11.1. The van der Waals surface area contributed by atoms with E-state index in [2.05, 4.69) is 4.90 Å². The van der Waals surface area contributed by atoms with Crippen LogP contribution in [0.4, 0.5) is 10.1 Å². The average Bonchev–Trinajstić information content (AvgIpc) is 2.55. The standard InChI is InChI=1S/C17H16ClFN2O2/c18-14-2-1-3-15(19)16(14)17(23)21-10-8-20(9-11-21)12-4-6-13(22)7-5-12/h1-7,22H,8-11H2. The number of rotatable bonds is 2. The number of anilines is 1. The van der Waals surface area contributed by atoms with Gasteiger partial charge in [-0.3, -0.25) is 4.79 Å². The summed E-state index contributed by atoms with van der Waals surface area (Å²) in [5.41, 5.74) is 0.922. The molecule has 2 aromatic rings. The second-order valence-electron chi connectivity index (χ2n) is 5.39. The fourth-order valence-corrected chi connectivity index (χ4v) is 2.94. The molecule has 1 aliphatic heterocycles. The molecule has 6 heteroatoms. The highest BCUT2D eigenvalue weighted by atomic mass is 35.5. The van der Waals surface area contributed by atoms with Crippen LogP contribution in [0.25, 0.3) is 0 Å². The van der Waals surface area contributed by atoms with Gasteiger partial charge in [0.25, 0.3) is 5.91 Å². The number of piperazine rings is 1. The molecular weight excluding hydrogens is 319 g/mol. The van der Waals surface area contributed by atoms with E-state index >= 15 is 0 Å². The predicted octanol–water partition coefficient (Wildman–Crippen LogP) is 3.15. The minimum atomic E-state index is -0.594. The lowest BCUT2D eigenvalue weighted by molar-refractivity contribution is 0.0742. The zero-order chi connectivity index (χ0) is 16.4. The number of aromatic hydroxyl groups is 1. The third-order valence-corrected chi connectivity index (χ3v) is 4.27. The average molecular weight is 335 g/mol. The highest BCUT2D eigenvalue weighted by molar-refractivity contribution is 6.33. The summed E-state index contributed by atoms with van der Waals surface area (Å²) in [6.07, 6.45) is 0. The first-order valence-corrected chi connectivity index (χ1v) is 7.71. The van der Waals surface area contributed by atoms with Crippen LogP contribution in [0.3, 0.4) is 0 Å². The van der Waals surface area contributed by atoms with Gasteiger partial charge in [0, 0.05) is 31.9 Å². The zero-order valence-electron chi connectivity index (χ0n) is 12.4. The number of benzene rings is 2. The molecule has 1 aliphatic rings. The highest BCUT2D eigenvalue weighted by Gasteiger charge is 2.25. The summed E-state index contributed by atoms with van der Waals surface area (Å²) < 4.78 is 13.9. The van der Waals surface area contributed by atoms with Crippen molar-refractivity contribution in [3.05, 3.63) is 58.9 Å². The van der Waals surface area contributed by atoms with E-state index in [1.165, 1.54) is 18.2 Å². The van der Waals surface area contributed by atoms with E-state index < -0.39 is 5.82 Å². The van der Waals surface area contributed by atoms with Crippen LogP contribution < -0.4 is 4.90 Å². The van der Waals surface area contributed by atoms with Crippen molar-refractivity contribution in [3.63, 3.8) is 0 Å². The Hall–Kier alpha value is -2.27. The minimum absolute atomic E-state index is 0.0627. The maximum atomic E-state index is 13.9. The number of carbonyl (C=O) groups is 1. The van der Waals surface area contributed by atoms with Crippen molar-refractivity contribution in [3.8, 4) is 5.75 Å². The summed E-state index contributed by atoms with van der Waals surface area (Å²) in [5, 5.41) is 9.46. The summed E-state index contributed by atoms with van der Waals surface area (Å²) in [7, 11) is 0. The van der Waals surface area contributed by atoms with Gasteiger partial charge in [-0.15, -0.1) is 0 Å². The zero-order valence-corrected chi connectivity index (χ0v) is 13.1. The topological polar surface area (TPSA) is 43.8 Å². The quantitative estimate of drug-likeness (QED) is 0.917. The van der Waals surface area contributed by atoms with Gasteiger partial charge in [-0.1, -0.05) is 17.7 Å². The van der Waals surface area contributed by atoms with Crippen LogP contribution in [0.5, 0.6) is 5.75 Å². The summed E-state index contributed by atoms with van der Waals surface area (Å²) in [6, 6.07) is 11.2. The van der Waals surface area contributed by atoms with Gasteiger partial charge < -0.3 is 14.9 Å². The van der Waals surface area contributed by atoms with Crippen LogP contribution in [0.2, 0.25) is 5.02 Å². The molecule has 0 aliphatic carbocycles. The maximum Gasteiger partial charge on any atom is 0.258 e. The van der Waals surface area contributed by atoms with Crippen LogP contribution in [0.15, 0.2) is 42.5 Å². The predicted molar refractivity (Wildman–Crippen MR) is 87.6 cm³/mol. The fourth-order valence-electron chi connectivity index (χ4n) is 2.69. The van der Waals surface area contributed by atoms with Crippen LogP contribution in [0, 0.1) is 5.82 Å². The molecule has 0 spiro atoms. The Kier molecular flexibility index (Phi) is 4.39. The lowest BCUT2D eigenvalue weighted by Gasteiger charge is -2.36. The van der Waals surface area contributed by atoms with Crippen molar-refractivity contribution in [1.29, 1.82) is 0 Å². The molecule has 1 saturated heterocycles. The molecular formula is C17H16ClFN2O2. The molecule has 0 bridgehead atoms. The Bertz CT molecular complexity index is 693. The number of halogens is 2. The van der Waals surface area contributed by atoms with Crippen LogP contribution in [-0.2, 0) is 0 Å². The van der Waals surface area contributed by atoms with Crippen molar-refractivity contribution < 1.29 is 14.3 Å². The maximum absolute atomic E-state index is 13.9. The largest absolute Gasteiger partial charge is 0.508 e. The lowest BCUT2D eigenvalue weighted by Crippen LogP contribution is -2.49. The van der Waals surface area contributed by atoms with Crippen LogP contribution in [0.1, 0.15) is 10.4 Å². The Morgan fingerprint density at radius 3 is 2.30 bits per heavy atom. The smallest absolute Gasteiger partial charge is 0.258 e. The molecule has 4 nitrogen and oxygen atoms in total. The second kappa shape index (κ2) is 6.46. The van der Waals surface area contributed by atoms with E-state index in [0.29, 0.717) is 26.2 Å². The van der Waals surface area contributed by atoms with E-state index in [1.54, 1.807) is 17.0 Å². The molecule has 3 rings (SSSR count). The molecule has 120 valence electrons. The van der Waals surface area contributed by atoms with Gasteiger partial charge in [-0.25, -0.2) is 4.39 Å². The van der Waals surface area contributed by atoms with E-state index in [0.717, 1.165) is 5.69 Å². The van der Waals surface area contributed by atoms with Crippen molar-refractivity contribution in [2.24, 2.45) is 0 Å². The van der Waals surface area contributed by atoms with Crippen molar-refractivity contribution in [2.45, 2.75) is 0 Å². The number of phenolic OH excluding ortho intramolecular Hbond substituents is 1. The number of hydrogen-bond acceptors (Lipinski definition) is 3. The molecule has 23 heavy (non-hydrogen) atoms. The summed E-state index contributed by atoms with van der Waals surface area (Å²) in [5.74, 6) is -0.751. The van der Waals surface area contributed by atoms with Crippen molar-refractivity contribution >= 4 is 23.2 Å². The van der Waals surface area contributed by atoms with Gasteiger partial charge in [-0.05, 0) is 36.4 Å². The minimum Gasteiger partial charge on any atom is -0.508 e. The number of nitrogens with zero attached hydrogens (tertiary/aromatic N) is 2. The van der Waals surface area contributed by atoms with E-state index in [9.17, 15) is 14.3 Å². The van der Waals surface area contributed by atoms with E-state index in [-0.39, 0.29) is 22.2 Å². The van der Waals surface area contributed by atoms with Gasteiger partial charge in [0.15, 0.2) is 0 Å². The lowest BCUT2D eigenvalue weighted by atomic mass is 10.1. The molecule has 1 heterocycles. The number of carbonyl (C=O) groups excluding carboxylic acids is 1. The number of hydrogen-bond donors (Lipinski definition) is 1. The van der Waals surface area contributed by atoms with Gasteiger partial charge in [0.1, 0.15) is 11.6 Å². The van der Waals surface area contributed by atoms with Crippen LogP contribution in [-0.4, -0.2) is 42.1 Å². The normalized spacial score (nSPS) is 14.9. The number of amides is 1. The monoisotopic (exact) mass is 334 g/mol. The molecule has 1 N–H and O–H groups in total. The SMILES string of the molecule is O=C(c1c(F)cccc1Cl)N1CCN(c2ccc(O)cc2)CC1. The van der Waals surface area contributed by atoms with E-state index in [4.69, 9.17) is 11.6 Å². The molecule has 1 fully saturated rings. The van der Waals surface area contributed by atoms with Gasteiger partial charge >= 0.3 is 0 Å². The second-order valence-corrected chi connectivity index (χ2v) is 5.80. The van der Waals surface area contributed by atoms with Gasteiger partial charge in [0.05, 0.1) is 10.6 Å². The fraction of sp³-hybridized carbons (Fsp3) is 0.235. The highest BCUT2D eigenvalue weighted by Crippen LogP contribution is 2.23. The third kappa shape index (κ3) is 3.24. The Labute approximate surface area is 138 Å².